The molecule has 9 heteroatoms. The molecule has 9 nitrogen and oxygen atoms in total. The summed E-state index contributed by atoms with van der Waals surface area (Å²) in [6.07, 6.45) is 1.88. The fourth-order valence-corrected chi connectivity index (χ4v) is 7.17. The Morgan fingerprint density at radius 2 is 1.75 bits per heavy atom. The minimum absolute atomic E-state index is 0.0264. The average molecular weight is 653 g/mol. The van der Waals surface area contributed by atoms with Crippen molar-refractivity contribution in [3.63, 3.8) is 0 Å². The number of amides is 2. The Hall–Kier alpha value is -4.02. The highest BCUT2D eigenvalue weighted by Gasteiger charge is 2.36. The van der Waals surface area contributed by atoms with Crippen molar-refractivity contribution < 1.29 is 24.2 Å². The molecule has 1 fully saturated rings. The second-order valence-electron chi connectivity index (χ2n) is 14.5. The Morgan fingerprint density at radius 1 is 0.979 bits per heavy atom. The molecule has 4 aromatic rings. The fraction of sp³-hybridized carbons (Fsp3) is 0.436. The zero-order valence-electron chi connectivity index (χ0n) is 28.1. The highest BCUT2D eigenvalue weighted by molar-refractivity contribution is 5.82. The van der Waals surface area contributed by atoms with Crippen molar-refractivity contribution in [2.45, 2.75) is 77.3 Å². The number of aliphatic hydroxyl groups excluding tert-OH is 2. The molecular formula is C39H48N4O5. The molecule has 1 aliphatic heterocycles. The van der Waals surface area contributed by atoms with Crippen molar-refractivity contribution in [3.8, 4) is 0 Å². The van der Waals surface area contributed by atoms with Gasteiger partial charge in [-0.25, -0.2) is 5.01 Å². The van der Waals surface area contributed by atoms with E-state index in [1.165, 1.54) is 5.56 Å². The van der Waals surface area contributed by atoms with Crippen LogP contribution in [0.4, 0.5) is 0 Å². The van der Waals surface area contributed by atoms with E-state index in [1.807, 2.05) is 86.4 Å². The number of benzene rings is 3. The predicted octanol–water partition coefficient (Wildman–Crippen LogP) is 4.77. The molecule has 0 radical (unpaired) electrons. The molecule has 2 heterocycles. The number of furan rings is 1. The Morgan fingerprint density at radius 3 is 2.54 bits per heavy atom. The Bertz CT molecular complexity index is 1700. The van der Waals surface area contributed by atoms with E-state index in [2.05, 4.69) is 33.8 Å². The first-order valence-corrected chi connectivity index (χ1v) is 17.1. The minimum atomic E-state index is -1.24. The summed E-state index contributed by atoms with van der Waals surface area (Å²) in [5.41, 5.74) is 7.70. The summed E-state index contributed by atoms with van der Waals surface area (Å²) >= 11 is 0. The topological polar surface area (TPSA) is 118 Å². The van der Waals surface area contributed by atoms with Crippen LogP contribution in [0.1, 0.15) is 61.9 Å². The number of nitrogens with zero attached hydrogens (tertiary/aromatic N) is 2. The molecule has 1 aliphatic carbocycles. The van der Waals surface area contributed by atoms with Crippen LogP contribution in [0, 0.1) is 11.3 Å². The van der Waals surface area contributed by atoms with Crippen molar-refractivity contribution in [1.29, 1.82) is 0 Å². The Balaban J connectivity index is 1.22. The molecule has 4 N–H and O–H groups in total. The Labute approximate surface area is 282 Å². The molecule has 2 aliphatic rings. The van der Waals surface area contributed by atoms with Crippen molar-refractivity contribution in [1.82, 2.24) is 20.7 Å². The number of piperazine rings is 1. The average Bonchev–Trinajstić information content (AvgIpc) is 3.67. The van der Waals surface area contributed by atoms with Crippen LogP contribution in [0.5, 0.6) is 0 Å². The lowest BCUT2D eigenvalue weighted by Crippen LogP contribution is -2.59. The van der Waals surface area contributed by atoms with Crippen LogP contribution in [0.3, 0.4) is 0 Å². The molecule has 6 rings (SSSR count). The summed E-state index contributed by atoms with van der Waals surface area (Å²) in [6.45, 7) is 8.47. The van der Waals surface area contributed by atoms with E-state index in [1.54, 1.807) is 6.26 Å². The van der Waals surface area contributed by atoms with Gasteiger partial charge < -0.3 is 19.9 Å². The van der Waals surface area contributed by atoms with Gasteiger partial charge in [0.2, 0.25) is 11.8 Å². The second kappa shape index (κ2) is 14.6. The quantitative estimate of drug-likeness (QED) is 0.184. The van der Waals surface area contributed by atoms with Crippen molar-refractivity contribution in [2.75, 3.05) is 19.6 Å². The number of carbonyl (C=O) groups excluding carboxylic acids is 2. The van der Waals surface area contributed by atoms with Crippen LogP contribution in [0.2, 0.25) is 0 Å². The number of rotatable bonds is 11. The van der Waals surface area contributed by atoms with Gasteiger partial charge in [0.1, 0.15) is 11.7 Å². The fourth-order valence-electron chi connectivity index (χ4n) is 7.17. The van der Waals surface area contributed by atoms with Gasteiger partial charge in [-0.1, -0.05) is 87.5 Å². The third-order valence-corrected chi connectivity index (χ3v) is 9.84. The molecule has 3 aromatic carbocycles. The molecule has 1 saturated heterocycles. The van der Waals surface area contributed by atoms with E-state index in [0.29, 0.717) is 38.9 Å². The first kappa shape index (κ1) is 33.9. The van der Waals surface area contributed by atoms with E-state index in [9.17, 15) is 19.8 Å². The standard InChI is InChI=1S/C39H48N4O5/c1-39(2,3)38(47)41-43-18-17-42(24-29-13-9-15-35-31(29)16-19-48-35)30(25-43)21-27(20-26-10-5-4-6-11-26)22-34(45)37(46)40-36-32-14-8-7-12-28(32)23-33(36)44/h4-16,19,27,30,33-34,36,44-45H,17-18,20-25H2,1-3H3,(H,40,46)(H,41,47)/t27?,30-,33?,34?,36-/m0/s1. The SMILES string of the molecule is CC(C)(C)C(=O)NN1CCN(Cc2cccc3occc23)[C@@H](CC(Cc2ccccc2)CC(O)C(=O)N[C@H]2c3ccccc3CC2O)C1. The number of nitrogens with one attached hydrogen (secondary N) is 2. The summed E-state index contributed by atoms with van der Waals surface area (Å²) in [6, 6.07) is 25.5. The molecule has 254 valence electrons. The summed E-state index contributed by atoms with van der Waals surface area (Å²) in [7, 11) is 0. The summed E-state index contributed by atoms with van der Waals surface area (Å²) in [5, 5.41) is 28.1. The van der Waals surface area contributed by atoms with Gasteiger partial charge >= 0.3 is 0 Å². The van der Waals surface area contributed by atoms with Crippen LogP contribution in [-0.2, 0) is 29.0 Å². The maximum Gasteiger partial charge on any atom is 0.249 e. The maximum absolute atomic E-state index is 13.5. The molecule has 0 saturated carbocycles. The number of fused-ring (bicyclic) bond motifs is 2. The lowest BCUT2D eigenvalue weighted by molar-refractivity contribution is -0.135. The van der Waals surface area contributed by atoms with Gasteiger partial charge in [-0.15, -0.1) is 0 Å². The minimum Gasteiger partial charge on any atom is -0.464 e. The zero-order valence-corrected chi connectivity index (χ0v) is 28.1. The Kier molecular flexibility index (Phi) is 10.3. The lowest BCUT2D eigenvalue weighted by atomic mass is 9.86. The first-order valence-electron chi connectivity index (χ1n) is 17.1. The number of hydrogen-bond donors (Lipinski definition) is 4. The van der Waals surface area contributed by atoms with Gasteiger partial charge in [0.25, 0.3) is 0 Å². The van der Waals surface area contributed by atoms with Gasteiger partial charge in [0.05, 0.1) is 18.4 Å². The monoisotopic (exact) mass is 652 g/mol. The van der Waals surface area contributed by atoms with Gasteiger partial charge in [-0.05, 0) is 59.6 Å². The molecule has 0 bridgehead atoms. The molecule has 3 unspecified atom stereocenters. The van der Waals surface area contributed by atoms with Crippen LogP contribution >= 0.6 is 0 Å². The summed E-state index contributed by atoms with van der Waals surface area (Å²) < 4.78 is 5.68. The highest BCUT2D eigenvalue weighted by atomic mass is 16.3. The van der Waals surface area contributed by atoms with E-state index < -0.39 is 29.6 Å². The zero-order chi connectivity index (χ0) is 33.8. The normalized spacial score (nSPS) is 21.5. The van der Waals surface area contributed by atoms with E-state index in [4.69, 9.17) is 4.42 Å². The second-order valence-corrected chi connectivity index (χ2v) is 14.5. The van der Waals surface area contributed by atoms with Gasteiger partial charge in [-0.2, -0.15) is 0 Å². The number of hydrazine groups is 1. The lowest BCUT2D eigenvalue weighted by Gasteiger charge is -2.43. The van der Waals surface area contributed by atoms with Crippen LogP contribution in [0.25, 0.3) is 11.0 Å². The van der Waals surface area contributed by atoms with Crippen molar-refractivity contribution >= 4 is 22.8 Å². The number of carbonyl (C=O) groups is 2. The molecule has 5 atom stereocenters. The van der Waals surface area contributed by atoms with E-state index in [0.717, 1.165) is 34.2 Å². The van der Waals surface area contributed by atoms with Crippen molar-refractivity contribution in [2.24, 2.45) is 11.3 Å². The summed E-state index contributed by atoms with van der Waals surface area (Å²) in [4.78, 5) is 28.9. The van der Waals surface area contributed by atoms with E-state index in [-0.39, 0.29) is 24.3 Å². The smallest absolute Gasteiger partial charge is 0.249 e. The van der Waals surface area contributed by atoms with Crippen molar-refractivity contribution in [3.05, 3.63) is 107 Å². The third-order valence-electron chi connectivity index (χ3n) is 9.84. The molecule has 2 amide bonds. The van der Waals surface area contributed by atoms with Crippen LogP contribution in [-0.4, -0.2) is 69.8 Å². The largest absolute Gasteiger partial charge is 0.464 e. The van der Waals surface area contributed by atoms with Gasteiger partial charge in [0.15, 0.2) is 0 Å². The first-order chi connectivity index (χ1) is 23.0. The van der Waals surface area contributed by atoms with Gasteiger partial charge in [-0.3, -0.25) is 19.9 Å². The summed E-state index contributed by atoms with van der Waals surface area (Å²) in [5.74, 6) is -0.536. The predicted molar refractivity (Wildman–Crippen MR) is 185 cm³/mol. The molecule has 0 spiro atoms. The highest BCUT2D eigenvalue weighted by Crippen LogP contribution is 2.32. The maximum atomic E-state index is 13.5. The number of hydrogen-bond acceptors (Lipinski definition) is 7. The third kappa shape index (κ3) is 7.98. The molecule has 48 heavy (non-hydrogen) atoms. The number of aliphatic hydroxyl groups is 2. The van der Waals surface area contributed by atoms with Crippen LogP contribution in [0.15, 0.2) is 89.5 Å². The van der Waals surface area contributed by atoms with Crippen LogP contribution < -0.4 is 10.7 Å². The molecular weight excluding hydrogens is 604 g/mol. The molecule has 1 aromatic heterocycles. The van der Waals surface area contributed by atoms with E-state index >= 15 is 0 Å². The van der Waals surface area contributed by atoms with Gasteiger partial charge in [0, 0.05) is 49.4 Å².